The smallest absolute Gasteiger partial charge is 0.226 e. The zero-order valence-electron chi connectivity index (χ0n) is 11.8. The first-order valence-electron chi connectivity index (χ1n) is 6.63. The van der Waals surface area contributed by atoms with E-state index in [2.05, 4.69) is 25.7 Å². The standard InChI is InChI=1S/C14H15ClN6/c1-3-16-14-19-12(11-8-17-21(2)13(11)20-14)18-10-6-4-5-9(15)7-10/h4-8H,3H2,1-2H3,(H2,16,18,19,20). The highest BCUT2D eigenvalue weighted by atomic mass is 35.5. The average Bonchev–Trinajstić information content (AvgIpc) is 2.81. The van der Waals surface area contributed by atoms with Gasteiger partial charge in [-0.05, 0) is 25.1 Å². The quantitative estimate of drug-likeness (QED) is 0.774. The number of nitrogens with zero attached hydrogens (tertiary/aromatic N) is 4. The van der Waals surface area contributed by atoms with Crippen LogP contribution in [0.2, 0.25) is 5.02 Å². The van der Waals surface area contributed by atoms with Crippen LogP contribution in [0.4, 0.5) is 17.5 Å². The summed E-state index contributed by atoms with van der Waals surface area (Å²) in [6.07, 6.45) is 1.75. The molecule has 0 radical (unpaired) electrons. The minimum atomic E-state index is 0.568. The lowest BCUT2D eigenvalue weighted by atomic mass is 10.3. The van der Waals surface area contributed by atoms with Gasteiger partial charge in [-0.25, -0.2) is 0 Å². The molecule has 6 nitrogen and oxygen atoms in total. The van der Waals surface area contributed by atoms with E-state index in [1.165, 1.54) is 0 Å². The van der Waals surface area contributed by atoms with Gasteiger partial charge in [0.25, 0.3) is 0 Å². The van der Waals surface area contributed by atoms with Crippen LogP contribution in [0.5, 0.6) is 0 Å². The number of nitrogens with one attached hydrogen (secondary N) is 2. The minimum absolute atomic E-state index is 0.568. The van der Waals surface area contributed by atoms with E-state index in [0.717, 1.165) is 23.3 Å². The summed E-state index contributed by atoms with van der Waals surface area (Å²) < 4.78 is 1.72. The van der Waals surface area contributed by atoms with Crippen LogP contribution in [0.1, 0.15) is 6.92 Å². The van der Waals surface area contributed by atoms with Crippen molar-refractivity contribution in [2.45, 2.75) is 6.92 Å². The highest BCUT2D eigenvalue weighted by Crippen LogP contribution is 2.25. The van der Waals surface area contributed by atoms with Crippen LogP contribution in [0.3, 0.4) is 0 Å². The lowest BCUT2D eigenvalue weighted by Gasteiger charge is -2.09. The number of fused-ring (bicyclic) bond motifs is 1. The molecule has 0 spiro atoms. The number of aromatic nitrogens is 4. The van der Waals surface area contributed by atoms with Gasteiger partial charge in [-0.1, -0.05) is 17.7 Å². The lowest BCUT2D eigenvalue weighted by Crippen LogP contribution is -2.06. The van der Waals surface area contributed by atoms with Gasteiger partial charge >= 0.3 is 0 Å². The van der Waals surface area contributed by atoms with E-state index in [-0.39, 0.29) is 0 Å². The molecule has 0 bridgehead atoms. The monoisotopic (exact) mass is 302 g/mol. The highest BCUT2D eigenvalue weighted by Gasteiger charge is 2.11. The Labute approximate surface area is 127 Å². The Balaban J connectivity index is 2.07. The van der Waals surface area contributed by atoms with Crippen molar-refractivity contribution in [1.82, 2.24) is 19.7 Å². The van der Waals surface area contributed by atoms with Crippen LogP contribution in [0.15, 0.2) is 30.5 Å². The van der Waals surface area contributed by atoms with E-state index in [9.17, 15) is 0 Å². The van der Waals surface area contributed by atoms with Gasteiger partial charge in [-0.15, -0.1) is 0 Å². The van der Waals surface area contributed by atoms with E-state index in [1.807, 2.05) is 38.2 Å². The molecule has 0 amide bonds. The van der Waals surface area contributed by atoms with Crippen LogP contribution in [-0.2, 0) is 7.05 Å². The molecule has 2 aromatic heterocycles. The zero-order chi connectivity index (χ0) is 14.8. The third-order valence-corrected chi connectivity index (χ3v) is 3.25. The summed E-state index contributed by atoms with van der Waals surface area (Å²) >= 11 is 6.01. The summed E-state index contributed by atoms with van der Waals surface area (Å²) in [7, 11) is 1.86. The summed E-state index contributed by atoms with van der Waals surface area (Å²) in [5.74, 6) is 1.27. The molecule has 0 aliphatic carbocycles. The Kier molecular flexibility index (Phi) is 3.62. The Hall–Kier alpha value is -2.34. The average molecular weight is 303 g/mol. The number of anilines is 3. The Morgan fingerprint density at radius 1 is 1.29 bits per heavy atom. The molecule has 0 aliphatic rings. The predicted octanol–water partition coefficient (Wildman–Crippen LogP) is 3.19. The van der Waals surface area contributed by atoms with Crippen LogP contribution in [-0.4, -0.2) is 26.3 Å². The van der Waals surface area contributed by atoms with Crippen molar-refractivity contribution in [3.8, 4) is 0 Å². The molecule has 108 valence electrons. The van der Waals surface area contributed by atoms with Crippen molar-refractivity contribution in [3.05, 3.63) is 35.5 Å². The molecule has 0 aliphatic heterocycles. The number of benzene rings is 1. The normalized spacial score (nSPS) is 10.8. The lowest BCUT2D eigenvalue weighted by molar-refractivity contribution is 0.785. The maximum absolute atomic E-state index is 6.01. The fraction of sp³-hybridized carbons (Fsp3) is 0.214. The first-order chi connectivity index (χ1) is 10.2. The van der Waals surface area contributed by atoms with Crippen molar-refractivity contribution in [2.75, 3.05) is 17.2 Å². The fourth-order valence-electron chi connectivity index (χ4n) is 2.06. The molecule has 21 heavy (non-hydrogen) atoms. The first kappa shape index (κ1) is 13.6. The molecule has 1 aromatic carbocycles. The van der Waals surface area contributed by atoms with E-state index in [1.54, 1.807) is 10.9 Å². The minimum Gasteiger partial charge on any atom is -0.354 e. The maximum atomic E-state index is 6.01. The molecule has 7 heteroatoms. The predicted molar refractivity (Wildman–Crippen MR) is 85.2 cm³/mol. The number of aryl methyl sites for hydroxylation is 1. The molecule has 3 rings (SSSR count). The topological polar surface area (TPSA) is 67.7 Å². The summed E-state index contributed by atoms with van der Waals surface area (Å²) in [6.45, 7) is 2.75. The summed E-state index contributed by atoms with van der Waals surface area (Å²) in [5, 5.41) is 12.2. The molecule has 0 unspecified atom stereocenters. The van der Waals surface area contributed by atoms with E-state index < -0.39 is 0 Å². The number of halogens is 1. The van der Waals surface area contributed by atoms with Crippen molar-refractivity contribution < 1.29 is 0 Å². The maximum Gasteiger partial charge on any atom is 0.226 e. The van der Waals surface area contributed by atoms with Crippen LogP contribution in [0.25, 0.3) is 11.0 Å². The van der Waals surface area contributed by atoms with Crippen LogP contribution < -0.4 is 10.6 Å². The molecular formula is C14H15ClN6. The van der Waals surface area contributed by atoms with Gasteiger partial charge in [0.2, 0.25) is 5.95 Å². The Morgan fingerprint density at radius 3 is 2.90 bits per heavy atom. The van der Waals surface area contributed by atoms with Crippen molar-refractivity contribution in [1.29, 1.82) is 0 Å². The van der Waals surface area contributed by atoms with Gasteiger partial charge in [-0.3, -0.25) is 4.68 Å². The number of hydrogen-bond acceptors (Lipinski definition) is 5. The SMILES string of the molecule is CCNc1nc(Nc2cccc(Cl)c2)c2cnn(C)c2n1. The van der Waals surface area contributed by atoms with Crippen molar-refractivity contribution in [3.63, 3.8) is 0 Å². The summed E-state index contributed by atoms with van der Waals surface area (Å²) in [6, 6.07) is 7.50. The number of rotatable bonds is 4. The molecule has 0 fully saturated rings. The first-order valence-corrected chi connectivity index (χ1v) is 7.01. The van der Waals surface area contributed by atoms with E-state index in [4.69, 9.17) is 11.6 Å². The second kappa shape index (κ2) is 5.57. The van der Waals surface area contributed by atoms with Crippen LogP contribution >= 0.6 is 11.6 Å². The van der Waals surface area contributed by atoms with Gasteiger partial charge in [0.15, 0.2) is 5.65 Å². The van der Waals surface area contributed by atoms with Crippen molar-refractivity contribution in [2.24, 2.45) is 7.05 Å². The van der Waals surface area contributed by atoms with Gasteiger partial charge < -0.3 is 10.6 Å². The Morgan fingerprint density at radius 2 is 2.14 bits per heavy atom. The molecule has 0 saturated carbocycles. The van der Waals surface area contributed by atoms with Gasteiger partial charge in [0.1, 0.15) is 5.82 Å². The van der Waals surface area contributed by atoms with Gasteiger partial charge in [0.05, 0.1) is 11.6 Å². The van der Waals surface area contributed by atoms with Crippen LogP contribution in [0, 0.1) is 0 Å². The van der Waals surface area contributed by atoms with Gasteiger partial charge in [-0.2, -0.15) is 15.1 Å². The molecule has 2 N–H and O–H groups in total. The highest BCUT2D eigenvalue weighted by molar-refractivity contribution is 6.30. The summed E-state index contributed by atoms with van der Waals surface area (Å²) in [4.78, 5) is 8.96. The third kappa shape index (κ3) is 2.75. The fourth-order valence-corrected chi connectivity index (χ4v) is 2.25. The van der Waals surface area contributed by atoms with E-state index in [0.29, 0.717) is 16.8 Å². The molecule has 0 atom stereocenters. The third-order valence-electron chi connectivity index (χ3n) is 3.01. The molecular weight excluding hydrogens is 288 g/mol. The largest absolute Gasteiger partial charge is 0.354 e. The molecule has 0 saturated heterocycles. The second-order valence-corrected chi connectivity index (χ2v) is 5.00. The Bertz CT molecular complexity index is 782. The number of hydrogen-bond donors (Lipinski definition) is 2. The van der Waals surface area contributed by atoms with Crippen molar-refractivity contribution >= 4 is 40.1 Å². The zero-order valence-corrected chi connectivity index (χ0v) is 12.5. The molecule has 2 heterocycles. The second-order valence-electron chi connectivity index (χ2n) is 4.57. The summed E-state index contributed by atoms with van der Waals surface area (Å²) in [5.41, 5.74) is 1.64. The van der Waals surface area contributed by atoms with Gasteiger partial charge in [0, 0.05) is 24.3 Å². The molecule has 3 aromatic rings. The van der Waals surface area contributed by atoms with E-state index >= 15 is 0 Å².